The van der Waals surface area contributed by atoms with Crippen LogP contribution in [0, 0.1) is 0 Å². The molecule has 192 valence electrons. The van der Waals surface area contributed by atoms with Gasteiger partial charge >= 0.3 is 5.97 Å². The number of primary amides is 1. The van der Waals surface area contributed by atoms with Crippen LogP contribution in [0.1, 0.15) is 31.0 Å². The lowest BCUT2D eigenvalue weighted by molar-refractivity contribution is -0.139. The molecule has 0 radical (unpaired) electrons. The first-order valence-electron chi connectivity index (χ1n) is 11.3. The van der Waals surface area contributed by atoms with E-state index in [9.17, 15) is 14.4 Å². The van der Waals surface area contributed by atoms with Gasteiger partial charge in [-0.1, -0.05) is 45.5 Å². The fraction of sp³-hybridized carbons (Fsp3) is 0.231. The first-order chi connectivity index (χ1) is 17.7. The van der Waals surface area contributed by atoms with Crippen molar-refractivity contribution in [2.75, 3.05) is 20.3 Å². The Morgan fingerprint density at radius 2 is 1.92 bits per heavy atom. The molecule has 1 aliphatic rings. The van der Waals surface area contributed by atoms with Crippen molar-refractivity contribution >= 4 is 45.2 Å². The van der Waals surface area contributed by atoms with E-state index in [1.165, 1.54) is 23.0 Å². The highest BCUT2D eigenvalue weighted by Crippen LogP contribution is 2.32. The standard InChI is InChI=1S/C26H24BrN3O6S/c1-4-35-25(33)22-14(2)29-26-30(23(22)16-6-8-17(27)9-7-16)24(32)20(37-26)12-15-5-10-18(19(11-15)34-3)36-13-21(28)31/h5-12,23H,4,13H2,1-3H3,(H2,28,31)/b20-12+/t23-/m0/s1. The summed E-state index contributed by atoms with van der Waals surface area (Å²) < 4.78 is 18.9. The molecule has 1 amide bonds. The molecule has 0 bridgehead atoms. The zero-order valence-corrected chi connectivity index (χ0v) is 22.7. The van der Waals surface area contributed by atoms with Gasteiger partial charge in [0.25, 0.3) is 11.5 Å². The number of hydrogen-bond donors (Lipinski definition) is 1. The van der Waals surface area contributed by atoms with Gasteiger partial charge in [0.2, 0.25) is 0 Å². The molecule has 4 rings (SSSR count). The maximum Gasteiger partial charge on any atom is 0.338 e. The summed E-state index contributed by atoms with van der Waals surface area (Å²) in [7, 11) is 1.47. The Kier molecular flexibility index (Phi) is 7.94. The van der Waals surface area contributed by atoms with Gasteiger partial charge in [-0.3, -0.25) is 14.2 Å². The van der Waals surface area contributed by atoms with Crippen LogP contribution in [-0.4, -0.2) is 36.8 Å². The molecular formula is C26H24BrN3O6S. The Morgan fingerprint density at radius 1 is 1.19 bits per heavy atom. The number of thiazole rings is 1. The third-order valence-electron chi connectivity index (χ3n) is 5.56. The van der Waals surface area contributed by atoms with E-state index in [2.05, 4.69) is 20.9 Å². The minimum Gasteiger partial charge on any atom is -0.493 e. The molecule has 0 aliphatic carbocycles. The summed E-state index contributed by atoms with van der Waals surface area (Å²) in [4.78, 5) is 42.8. The van der Waals surface area contributed by atoms with Crippen LogP contribution in [0.4, 0.5) is 0 Å². The fourth-order valence-corrected chi connectivity index (χ4v) is 5.26. The van der Waals surface area contributed by atoms with E-state index in [0.29, 0.717) is 37.7 Å². The number of amides is 1. The monoisotopic (exact) mass is 585 g/mol. The number of methoxy groups -OCH3 is 1. The van der Waals surface area contributed by atoms with Gasteiger partial charge in [-0.05, 0) is 55.3 Å². The van der Waals surface area contributed by atoms with Gasteiger partial charge in [0, 0.05) is 4.47 Å². The van der Waals surface area contributed by atoms with Crippen molar-refractivity contribution in [3.63, 3.8) is 0 Å². The topological polar surface area (TPSA) is 122 Å². The number of esters is 1. The molecule has 1 aliphatic heterocycles. The summed E-state index contributed by atoms with van der Waals surface area (Å²) >= 11 is 4.66. The number of halogens is 1. The normalized spacial score (nSPS) is 15.1. The Balaban J connectivity index is 1.85. The van der Waals surface area contributed by atoms with Crippen molar-refractivity contribution in [3.8, 4) is 11.5 Å². The maximum absolute atomic E-state index is 13.7. The third-order valence-corrected chi connectivity index (χ3v) is 7.07. The second kappa shape index (κ2) is 11.1. The third kappa shape index (κ3) is 5.52. The molecule has 2 N–H and O–H groups in total. The van der Waals surface area contributed by atoms with Gasteiger partial charge in [0.15, 0.2) is 22.9 Å². The zero-order valence-electron chi connectivity index (χ0n) is 20.3. The molecule has 0 spiro atoms. The highest BCUT2D eigenvalue weighted by atomic mass is 79.9. The number of carbonyl (C=O) groups is 2. The molecule has 0 saturated heterocycles. The van der Waals surface area contributed by atoms with Gasteiger partial charge in [-0.2, -0.15) is 0 Å². The first-order valence-corrected chi connectivity index (χ1v) is 12.9. The van der Waals surface area contributed by atoms with Crippen molar-refractivity contribution in [1.82, 2.24) is 4.57 Å². The van der Waals surface area contributed by atoms with E-state index in [1.54, 1.807) is 38.1 Å². The maximum atomic E-state index is 13.7. The van der Waals surface area contributed by atoms with Crippen molar-refractivity contribution in [1.29, 1.82) is 0 Å². The lowest BCUT2D eigenvalue weighted by Crippen LogP contribution is -2.39. The average Bonchev–Trinajstić information content (AvgIpc) is 3.17. The number of carbonyl (C=O) groups excluding carboxylic acids is 2. The number of benzene rings is 2. The van der Waals surface area contributed by atoms with E-state index in [4.69, 9.17) is 19.9 Å². The Morgan fingerprint density at radius 3 is 2.57 bits per heavy atom. The number of rotatable bonds is 8. The predicted molar refractivity (Wildman–Crippen MR) is 142 cm³/mol. The summed E-state index contributed by atoms with van der Waals surface area (Å²) in [6.07, 6.45) is 1.71. The lowest BCUT2D eigenvalue weighted by Gasteiger charge is -2.24. The van der Waals surface area contributed by atoms with Gasteiger partial charge in [0.1, 0.15) is 0 Å². The number of allylic oxidation sites excluding steroid dienone is 1. The van der Waals surface area contributed by atoms with Crippen LogP contribution in [0.2, 0.25) is 0 Å². The van der Waals surface area contributed by atoms with Crippen molar-refractivity contribution < 1.29 is 23.8 Å². The Bertz CT molecular complexity index is 1570. The van der Waals surface area contributed by atoms with Crippen molar-refractivity contribution in [2.24, 2.45) is 10.7 Å². The summed E-state index contributed by atoms with van der Waals surface area (Å²) in [6.45, 7) is 3.39. The number of hydrogen-bond acceptors (Lipinski definition) is 8. The van der Waals surface area contributed by atoms with Crippen LogP contribution in [-0.2, 0) is 14.3 Å². The fourth-order valence-electron chi connectivity index (χ4n) is 3.95. The predicted octanol–water partition coefficient (Wildman–Crippen LogP) is 2.43. The summed E-state index contributed by atoms with van der Waals surface area (Å²) in [5, 5.41) is 0. The summed E-state index contributed by atoms with van der Waals surface area (Å²) in [5.41, 5.74) is 7.11. The highest BCUT2D eigenvalue weighted by molar-refractivity contribution is 9.10. The van der Waals surface area contributed by atoms with Crippen LogP contribution < -0.4 is 30.1 Å². The molecule has 1 atom stereocenters. The number of nitrogens with two attached hydrogens (primary N) is 1. The molecule has 9 nitrogen and oxygen atoms in total. The second-order valence-corrected chi connectivity index (χ2v) is 9.94. The van der Waals surface area contributed by atoms with Gasteiger partial charge < -0.3 is 19.9 Å². The van der Waals surface area contributed by atoms with E-state index in [-0.39, 0.29) is 18.8 Å². The summed E-state index contributed by atoms with van der Waals surface area (Å²) in [6, 6.07) is 11.8. The minimum absolute atomic E-state index is 0.202. The molecule has 0 fully saturated rings. The molecule has 3 aromatic rings. The molecule has 0 unspecified atom stereocenters. The van der Waals surface area contributed by atoms with E-state index >= 15 is 0 Å². The number of nitrogens with zero attached hydrogens (tertiary/aromatic N) is 2. The minimum atomic E-state index is -0.690. The van der Waals surface area contributed by atoms with Gasteiger partial charge in [-0.15, -0.1) is 0 Å². The summed E-state index contributed by atoms with van der Waals surface area (Å²) in [5.74, 6) is -0.381. The first kappa shape index (κ1) is 26.4. The van der Waals surface area contributed by atoms with E-state index < -0.39 is 17.9 Å². The Hall–Kier alpha value is -3.70. The lowest BCUT2D eigenvalue weighted by atomic mass is 9.96. The number of ether oxygens (including phenoxy) is 3. The molecule has 2 heterocycles. The van der Waals surface area contributed by atoms with E-state index in [1.807, 2.05) is 24.3 Å². The molecule has 0 saturated carbocycles. The van der Waals surface area contributed by atoms with Crippen LogP contribution >= 0.6 is 27.3 Å². The van der Waals surface area contributed by atoms with Gasteiger partial charge in [-0.25, -0.2) is 9.79 Å². The average molecular weight is 586 g/mol. The van der Waals surface area contributed by atoms with E-state index in [0.717, 1.165) is 10.0 Å². The molecule has 11 heteroatoms. The quantitative estimate of drug-likeness (QED) is 0.405. The Labute approximate surface area is 224 Å². The zero-order chi connectivity index (χ0) is 26.7. The second-order valence-electron chi connectivity index (χ2n) is 8.02. The van der Waals surface area contributed by atoms with Crippen LogP contribution in [0.3, 0.4) is 0 Å². The number of aromatic nitrogens is 1. The van der Waals surface area contributed by atoms with Crippen molar-refractivity contribution in [3.05, 3.63) is 89.0 Å². The molecule has 1 aromatic heterocycles. The van der Waals surface area contributed by atoms with Crippen LogP contribution in [0.25, 0.3) is 6.08 Å². The van der Waals surface area contributed by atoms with Crippen LogP contribution in [0.15, 0.2) is 68.0 Å². The highest BCUT2D eigenvalue weighted by Gasteiger charge is 2.33. The molecule has 37 heavy (non-hydrogen) atoms. The van der Waals surface area contributed by atoms with Crippen LogP contribution in [0.5, 0.6) is 11.5 Å². The molecule has 2 aromatic carbocycles. The molecular weight excluding hydrogens is 562 g/mol. The van der Waals surface area contributed by atoms with Gasteiger partial charge in [0.05, 0.1) is 35.6 Å². The smallest absolute Gasteiger partial charge is 0.338 e. The largest absolute Gasteiger partial charge is 0.493 e. The van der Waals surface area contributed by atoms with Crippen molar-refractivity contribution in [2.45, 2.75) is 19.9 Å². The number of fused-ring (bicyclic) bond motifs is 1. The SMILES string of the molecule is CCOC(=O)C1=C(C)N=c2s/c(=C/c3ccc(OCC(N)=O)c(OC)c3)c(=O)n2[C@H]1c1ccc(Br)cc1.